The van der Waals surface area contributed by atoms with Gasteiger partial charge in [0.25, 0.3) is 0 Å². The zero-order chi connectivity index (χ0) is 20.4. The molecule has 7 heteroatoms. The van der Waals surface area contributed by atoms with Crippen molar-refractivity contribution in [1.82, 2.24) is 19.9 Å². The zero-order valence-corrected chi connectivity index (χ0v) is 16.5. The molecule has 0 spiro atoms. The van der Waals surface area contributed by atoms with E-state index in [0.717, 1.165) is 22.4 Å². The van der Waals surface area contributed by atoms with Crippen molar-refractivity contribution in [2.45, 2.75) is 39.3 Å². The number of aromatic amines is 1. The lowest BCUT2D eigenvalue weighted by molar-refractivity contribution is -0.122. The molecule has 0 bridgehead atoms. The molecule has 1 amide bonds. The van der Waals surface area contributed by atoms with Crippen molar-refractivity contribution in [2.24, 2.45) is 5.92 Å². The molecule has 29 heavy (non-hydrogen) atoms. The number of rotatable bonds is 7. The quantitative estimate of drug-likeness (QED) is 0.501. The fourth-order valence-corrected chi connectivity index (χ4v) is 3.54. The van der Waals surface area contributed by atoms with Crippen LogP contribution in [0.15, 0.2) is 57.7 Å². The summed E-state index contributed by atoms with van der Waals surface area (Å²) in [7, 11) is 0. The highest BCUT2D eigenvalue weighted by Crippen LogP contribution is 2.22. The van der Waals surface area contributed by atoms with Gasteiger partial charge in [-0.2, -0.15) is 0 Å². The van der Waals surface area contributed by atoms with Gasteiger partial charge in [0.1, 0.15) is 5.82 Å². The molecular formula is C22H24N4O3. The summed E-state index contributed by atoms with van der Waals surface area (Å²) in [6.07, 6.45) is 0.857. The average Bonchev–Trinajstić information content (AvgIpc) is 3.26. The van der Waals surface area contributed by atoms with Crippen LogP contribution >= 0.6 is 0 Å². The number of carbonyl (C=O) groups is 1. The van der Waals surface area contributed by atoms with E-state index in [1.807, 2.05) is 42.5 Å². The van der Waals surface area contributed by atoms with E-state index in [1.54, 1.807) is 10.6 Å². The van der Waals surface area contributed by atoms with Gasteiger partial charge in [0.15, 0.2) is 5.58 Å². The third-order valence-electron chi connectivity index (χ3n) is 5.04. The van der Waals surface area contributed by atoms with Gasteiger partial charge in [-0.15, -0.1) is 0 Å². The second kappa shape index (κ2) is 7.95. The van der Waals surface area contributed by atoms with Crippen LogP contribution in [0.4, 0.5) is 0 Å². The van der Waals surface area contributed by atoms with Gasteiger partial charge in [-0.1, -0.05) is 38.1 Å². The van der Waals surface area contributed by atoms with Crippen molar-refractivity contribution in [3.63, 3.8) is 0 Å². The smallest absolute Gasteiger partial charge is 0.408 e. The number of nitrogens with zero attached hydrogens (tertiary/aromatic N) is 2. The largest absolute Gasteiger partial charge is 0.419 e. The molecule has 0 aliphatic rings. The number of nitrogens with one attached hydrogen (secondary N) is 2. The molecule has 7 nitrogen and oxygen atoms in total. The minimum absolute atomic E-state index is 0.0648. The number of oxazole rings is 1. The summed E-state index contributed by atoms with van der Waals surface area (Å²) >= 11 is 0. The number of hydrogen-bond acceptors (Lipinski definition) is 4. The molecule has 0 saturated heterocycles. The van der Waals surface area contributed by atoms with Gasteiger partial charge in [-0.25, -0.2) is 9.78 Å². The first-order chi connectivity index (χ1) is 14.0. The maximum atomic E-state index is 12.6. The van der Waals surface area contributed by atoms with Crippen LogP contribution in [0.3, 0.4) is 0 Å². The first-order valence-corrected chi connectivity index (χ1v) is 9.85. The van der Waals surface area contributed by atoms with E-state index in [9.17, 15) is 9.59 Å². The Labute approximate surface area is 167 Å². The number of fused-ring (bicyclic) bond motifs is 2. The lowest BCUT2D eigenvalue weighted by atomic mass is 10.0. The molecule has 4 aromatic rings. The predicted octanol–water partition coefficient (Wildman–Crippen LogP) is 3.76. The van der Waals surface area contributed by atoms with Crippen LogP contribution in [0.1, 0.15) is 38.6 Å². The van der Waals surface area contributed by atoms with Crippen LogP contribution in [0.25, 0.3) is 22.1 Å². The summed E-state index contributed by atoms with van der Waals surface area (Å²) in [4.78, 5) is 32.5. The SMILES string of the molecule is CC(C)[C@H](NC(=O)CCCn1c(=O)oc2ccccc21)c1nc2ccccc2[nH]1. The second-order valence-corrected chi connectivity index (χ2v) is 7.52. The predicted molar refractivity (Wildman–Crippen MR) is 112 cm³/mol. The first-order valence-electron chi connectivity index (χ1n) is 9.85. The molecule has 2 aromatic heterocycles. The third-order valence-corrected chi connectivity index (χ3v) is 5.04. The Balaban J connectivity index is 1.41. The molecule has 2 heterocycles. The number of hydrogen-bond donors (Lipinski definition) is 2. The topological polar surface area (TPSA) is 92.9 Å². The monoisotopic (exact) mass is 392 g/mol. The van der Waals surface area contributed by atoms with Gasteiger partial charge < -0.3 is 14.7 Å². The standard InChI is InChI=1S/C22H24N4O3/c1-14(2)20(21-23-15-8-3-4-9-16(15)24-21)25-19(27)12-7-13-26-17-10-5-6-11-18(17)29-22(26)28/h3-6,8-11,14,20H,7,12-13H2,1-2H3,(H,23,24)(H,25,27)/t20-/m0/s1. The fraction of sp³-hybridized carbons (Fsp3) is 0.318. The number of aryl methyl sites for hydroxylation is 1. The highest BCUT2D eigenvalue weighted by Gasteiger charge is 2.21. The third kappa shape index (κ3) is 3.94. The van der Waals surface area contributed by atoms with Crippen LogP contribution in [0.2, 0.25) is 0 Å². The highest BCUT2D eigenvalue weighted by molar-refractivity contribution is 5.77. The maximum absolute atomic E-state index is 12.6. The molecule has 0 fully saturated rings. The van der Waals surface area contributed by atoms with E-state index >= 15 is 0 Å². The van der Waals surface area contributed by atoms with E-state index in [0.29, 0.717) is 25.0 Å². The number of imidazole rings is 1. The molecule has 0 radical (unpaired) electrons. The summed E-state index contributed by atoms with van der Waals surface area (Å²) in [5, 5.41) is 3.08. The van der Waals surface area contributed by atoms with Gasteiger partial charge in [0, 0.05) is 13.0 Å². The summed E-state index contributed by atoms with van der Waals surface area (Å²) in [6, 6.07) is 14.9. The molecule has 2 N–H and O–H groups in total. The Bertz CT molecular complexity index is 1170. The molecule has 2 aromatic carbocycles. The van der Waals surface area contributed by atoms with E-state index < -0.39 is 5.76 Å². The Kier molecular flexibility index (Phi) is 5.20. The number of amides is 1. The normalized spacial score (nSPS) is 12.7. The summed E-state index contributed by atoms with van der Waals surface area (Å²) < 4.78 is 6.80. The first kappa shape index (κ1) is 19.0. The van der Waals surface area contributed by atoms with Crippen molar-refractivity contribution in [2.75, 3.05) is 0 Å². The van der Waals surface area contributed by atoms with Crippen molar-refractivity contribution in [3.8, 4) is 0 Å². The Hall–Kier alpha value is -3.35. The van der Waals surface area contributed by atoms with Gasteiger partial charge >= 0.3 is 5.76 Å². The summed E-state index contributed by atoms with van der Waals surface area (Å²) in [6.45, 7) is 4.53. The molecule has 1 atom stereocenters. The Morgan fingerprint density at radius 2 is 1.93 bits per heavy atom. The minimum Gasteiger partial charge on any atom is -0.408 e. The van der Waals surface area contributed by atoms with E-state index in [2.05, 4.69) is 29.1 Å². The van der Waals surface area contributed by atoms with Gasteiger partial charge in [0.05, 0.1) is 22.6 Å². The van der Waals surface area contributed by atoms with Gasteiger partial charge in [0.2, 0.25) is 5.91 Å². The average molecular weight is 392 g/mol. The van der Waals surface area contributed by atoms with Crippen molar-refractivity contribution < 1.29 is 9.21 Å². The second-order valence-electron chi connectivity index (χ2n) is 7.52. The molecule has 0 aliphatic carbocycles. The van der Waals surface area contributed by atoms with E-state index in [1.165, 1.54) is 0 Å². The zero-order valence-electron chi connectivity index (χ0n) is 16.5. The van der Waals surface area contributed by atoms with Crippen LogP contribution in [0, 0.1) is 5.92 Å². The van der Waals surface area contributed by atoms with Crippen LogP contribution in [0.5, 0.6) is 0 Å². The molecule has 150 valence electrons. The number of para-hydroxylation sites is 4. The molecular weight excluding hydrogens is 368 g/mol. The Morgan fingerprint density at radius 1 is 1.17 bits per heavy atom. The van der Waals surface area contributed by atoms with Crippen LogP contribution in [-0.4, -0.2) is 20.4 Å². The molecule has 0 unspecified atom stereocenters. The highest BCUT2D eigenvalue weighted by atomic mass is 16.4. The number of H-pyrrole nitrogens is 1. The summed E-state index contributed by atoms with van der Waals surface area (Å²) in [5.41, 5.74) is 3.15. The van der Waals surface area contributed by atoms with E-state index in [4.69, 9.17) is 4.42 Å². The van der Waals surface area contributed by atoms with Crippen molar-refractivity contribution >= 4 is 28.0 Å². The number of carbonyl (C=O) groups excluding carboxylic acids is 1. The lowest BCUT2D eigenvalue weighted by Crippen LogP contribution is -2.32. The van der Waals surface area contributed by atoms with Crippen LogP contribution < -0.4 is 11.1 Å². The van der Waals surface area contributed by atoms with E-state index in [-0.39, 0.29) is 17.9 Å². The maximum Gasteiger partial charge on any atom is 0.419 e. The van der Waals surface area contributed by atoms with Crippen LogP contribution in [-0.2, 0) is 11.3 Å². The van der Waals surface area contributed by atoms with Crippen molar-refractivity contribution in [1.29, 1.82) is 0 Å². The Morgan fingerprint density at radius 3 is 2.72 bits per heavy atom. The number of aromatic nitrogens is 3. The minimum atomic E-state index is -0.394. The number of benzene rings is 2. The fourth-order valence-electron chi connectivity index (χ4n) is 3.54. The molecule has 4 rings (SSSR count). The van der Waals surface area contributed by atoms with Gasteiger partial charge in [-0.3, -0.25) is 9.36 Å². The van der Waals surface area contributed by atoms with Crippen molar-refractivity contribution in [3.05, 3.63) is 64.9 Å². The molecule has 0 aliphatic heterocycles. The lowest BCUT2D eigenvalue weighted by Gasteiger charge is -2.20. The summed E-state index contributed by atoms with van der Waals surface area (Å²) in [5.74, 6) is 0.477. The van der Waals surface area contributed by atoms with Gasteiger partial charge in [-0.05, 0) is 36.6 Å². The molecule has 0 saturated carbocycles.